The van der Waals surface area contributed by atoms with Gasteiger partial charge in [0.15, 0.2) is 11.5 Å². The van der Waals surface area contributed by atoms with Gasteiger partial charge in [0.2, 0.25) is 0 Å². The highest BCUT2D eigenvalue weighted by atomic mass is 32.1. The molecule has 0 spiro atoms. The van der Waals surface area contributed by atoms with Gasteiger partial charge >= 0.3 is 0 Å². The SMILES string of the molecule is COc1ccc(-c2cnc(C)s2)cc1OC. The van der Waals surface area contributed by atoms with Crippen LogP contribution in [0.4, 0.5) is 0 Å². The van der Waals surface area contributed by atoms with Crippen molar-refractivity contribution < 1.29 is 9.47 Å². The second-order valence-electron chi connectivity index (χ2n) is 3.31. The largest absolute Gasteiger partial charge is 0.493 e. The number of aromatic nitrogens is 1. The quantitative estimate of drug-likeness (QED) is 0.819. The van der Waals surface area contributed by atoms with Crippen molar-refractivity contribution in [3.63, 3.8) is 0 Å². The van der Waals surface area contributed by atoms with E-state index >= 15 is 0 Å². The van der Waals surface area contributed by atoms with Crippen molar-refractivity contribution in [1.82, 2.24) is 4.98 Å². The first-order chi connectivity index (χ1) is 7.74. The highest BCUT2D eigenvalue weighted by Gasteiger charge is 2.07. The molecule has 16 heavy (non-hydrogen) atoms. The zero-order chi connectivity index (χ0) is 11.5. The van der Waals surface area contributed by atoms with Gasteiger partial charge in [-0.3, -0.25) is 0 Å². The molecule has 0 fully saturated rings. The number of hydrogen-bond donors (Lipinski definition) is 0. The number of nitrogens with zero attached hydrogens (tertiary/aromatic N) is 1. The topological polar surface area (TPSA) is 31.4 Å². The number of benzene rings is 1. The Bertz CT molecular complexity index is 494. The van der Waals surface area contributed by atoms with E-state index in [1.165, 1.54) is 0 Å². The van der Waals surface area contributed by atoms with Gasteiger partial charge in [0, 0.05) is 6.20 Å². The molecule has 0 N–H and O–H groups in total. The van der Waals surface area contributed by atoms with Crippen molar-refractivity contribution in [3.05, 3.63) is 29.4 Å². The van der Waals surface area contributed by atoms with Crippen LogP contribution in [-0.2, 0) is 0 Å². The molecular formula is C12H13NO2S. The summed E-state index contributed by atoms with van der Waals surface area (Å²) in [6, 6.07) is 5.88. The van der Waals surface area contributed by atoms with Crippen molar-refractivity contribution in [2.45, 2.75) is 6.92 Å². The van der Waals surface area contributed by atoms with Gasteiger partial charge in [-0.2, -0.15) is 0 Å². The van der Waals surface area contributed by atoms with Crippen molar-refractivity contribution >= 4 is 11.3 Å². The molecule has 0 unspecified atom stereocenters. The predicted molar refractivity (Wildman–Crippen MR) is 65.4 cm³/mol. The van der Waals surface area contributed by atoms with E-state index in [9.17, 15) is 0 Å². The number of rotatable bonds is 3. The maximum absolute atomic E-state index is 5.26. The summed E-state index contributed by atoms with van der Waals surface area (Å²) >= 11 is 1.67. The van der Waals surface area contributed by atoms with Crippen LogP contribution in [0.2, 0.25) is 0 Å². The zero-order valence-electron chi connectivity index (χ0n) is 9.48. The van der Waals surface area contributed by atoms with Crippen molar-refractivity contribution in [1.29, 1.82) is 0 Å². The molecule has 0 atom stereocenters. The Kier molecular flexibility index (Phi) is 3.10. The third-order valence-electron chi connectivity index (χ3n) is 2.29. The zero-order valence-corrected chi connectivity index (χ0v) is 10.3. The normalized spacial score (nSPS) is 10.2. The fraction of sp³-hybridized carbons (Fsp3) is 0.250. The number of hydrogen-bond acceptors (Lipinski definition) is 4. The summed E-state index contributed by atoms with van der Waals surface area (Å²) in [5.74, 6) is 1.48. The summed E-state index contributed by atoms with van der Waals surface area (Å²) < 4.78 is 10.5. The summed E-state index contributed by atoms with van der Waals surface area (Å²) in [5, 5.41) is 1.06. The van der Waals surface area contributed by atoms with Crippen LogP contribution >= 0.6 is 11.3 Å². The van der Waals surface area contributed by atoms with Gasteiger partial charge in [-0.1, -0.05) is 0 Å². The molecule has 0 amide bonds. The molecule has 0 saturated heterocycles. The van der Waals surface area contributed by atoms with E-state index in [4.69, 9.17) is 9.47 Å². The van der Waals surface area contributed by atoms with Crippen molar-refractivity contribution in [3.8, 4) is 21.9 Å². The van der Waals surface area contributed by atoms with Gasteiger partial charge in [0.05, 0.1) is 24.1 Å². The van der Waals surface area contributed by atoms with E-state index in [0.29, 0.717) is 0 Å². The molecule has 1 heterocycles. The number of thiazole rings is 1. The van der Waals surface area contributed by atoms with Crippen LogP contribution in [-0.4, -0.2) is 19.2 Å². The van der Waals surface area contributed by atoms with E-state index in [1.807, 2.05) is 31.3 Å². The standard InChI is InChI=1S/C12H13NO2S/c1-8-13-7-12(16-8)9-4-5-10(14-2)11(6-9)15-3/h4-7H,1-3H3. The van der Waals surface area contributed by atoms with Crippen LogP contribution < -0.4 is 9.47 Å². The lowest BCUT2D eigenvalue weighted by atomic mass is 10.2. The van der Waals surface area contributed by atoms with Gasteiger partial charge in [-0.05, 0) is 30.7 Å². The van der Waals surface area contributed by atoms with Crippen LogP contribution in [0.1, 0.15) is 5.01 Å². The molecule has 0 radical (unpaired) electrons. The van der Waals surface area contributed by atoms with Crippen LogP contribution in [0.3, 0.4) is 0 Å². The minimum atomic E-state index is 0.742. The Morgan fingerprint density at radius 3 is 2.44 bits per heavy atom. The smallest absolute Gasteiger partial charge is 0.161 e. The van der Waals surface area contributed by atoms with E-state index in [0.717, 1.165) is 26.9 Å². The van der Waals surface area contributed by atoms with Gasteiger partial charge in [-0.15, -0.1) is 11.3 Å². The molecular weight excluding hydrogens is 222 g/mol. The predicted octanol–water partition coefficient (Wildman–Crippen LogP) is 3.14. The number of methoxy groups -OCH3 is 2. The molecule has 84 valence electrons. The first kappa shape index (κ1) is 11.0. The van der Waals surface area contributed by atoms with Crippen LogP contribution in [0, 0.1) is 6.92 Å². The number of aryl methyl sites for hydroxylation is 1. The highest BCUT2D eigenvalue weighted by Crippen LogP contribution is 2.34. The van der Waals surface area contributed by atoms with Crippen molar-refractivity contribution in [2.75, 3.05) is 14.2 Å². The van der Waals surface area contributed by atoms with Gasteiger partial charge in [0.25, 0.3) is 0 Å². The first-order valence-electron chi connectivity index (χ1n) is 4.89. The molecule has 0 aliphatic heterocycles. The molecule has 1 aromatic carbocycles. The van der Waals surface area contributed by atoms with E-state index in [2.05, 4.69) is 4.98 Å². The van der Waals surface area contributed by atoms with Gasteiger partial charge < -0.3 is 9.47 Å². The summed E-state index contributed by atoms with van der Waals surface area (Å²) in [6.07, 6.45) is 1.88. The maximum Gasteiger partial charge on any atom is 0.161 e. The summed E-state index contributed by atoms with van der Waals surface area (Å²) in [5.41, 5.74) is 1.10. The Hall–Kier alpha value is -1.55. The average molecular weight is 235 g/mol. The minimum Gasteiger partial charge on any atom is -0.493 e. The third kappa shape index (κ3) is 2.02. The molecule has 0 aliphatic rings. The van der Waals surface area contributed by atoms with Crippen LogP contribution in [0.15, 0.2) is 24.4 Å². The average Bonchev–Trinajstić information content (AvgIpc) is 2.75. The molecule has 1 aromatic heterocycles. The molecule has 0 saturated carbocycles. The molecule has 2 rings (SSSR count). The third-order valence-corrected chi connectivity index (χ3v) is 3.25. The monoisotopic (exact) mass is 235 g/mol. The summed E-state index contributed by atoms with van der Waals surface area (Å²) in [4.78, 5) is 5.37. The van der Waals surface area contributed by atoms with E-state index < -0.39 is 0 Å². The molecule has 2 aromatic rings. The highest BCUT2D eigenvalue weighted by molar-refractivity contribution is 7.15. The molecule has 4 heteroatoms. The Labute approximate surface area is 98.7 Å². The van der Waals surface area contributed by atoms with Crippen LogP contribution in [0.5, 0.6) is 11.5 Å². The second-order valence-corrected chi connectivity index (χ2v) is 4.55. The van der Waals surface area contributed by atoms with Crippen LogP contribution in [0.25, 0.3) is 10.4 Å². The molecule has 0 bridgehead atoms. The summed E-state index contributed by atoms with van der Waals surface area (Å²) in [7, 11) is 3.27. The lowest BCUT2D eigenvalue weighted by molar-refractivity contribution is 0.355. The minimum absolute atomic E-state index is 0.742. The van der Waals surface area contributed by atoms with Gasteiger partial charge in [0.1, 0.15) is 0 Å². The maximum atomic E-state index is 5.26. The van der Waals surface area contributed by atoms with Crippen molar-refractivity contribution in [2.24, 2.45) is 0 Å². The molecule has 3 nitrogen and oxygen atoms in total. The lowest BCUT2D eigenvalue weighted by Gasteiger charge is -2.08. The lowest BCUT2D eigenvalue weighted by Crippen LogP contribution is -1.90. The number of ether oxygens (including phenoxy) is 2. The first-order valence-corrected chi connectivity index (χ1v) is 5.71. The fourth-order valence-corrected chi connectivity index (χ4v) is 2.26. The Morgan fingerprint density at radius 2 is 1.88 bits per heavy atom. The fourth-order valence-electron chi connectivity index (χ4n) is 1.48. The Morgan fingerprint density at radius 1 is 1.12 bits per heavy atom. The van der Waals surface area contributed by atoms with E-state index in [1.54, 1.807) is 25.6 Å². The van der Waals surface area contributed by atoms with E-state index in [-0.39, 0.29) is 0 Å². The molecule has 0 aliphatic carbocycles. The Balaban J connectivity index is 2.43. The van der Waals surface area contributed by atoms with Gasteiger partial charge in [-0.25, -0.2) is 4.98 Å². The summed E-state index contributed by atoms with van der Waals surface area (Å²) in [6.45, 7) is 1.99. The second kappa shape index (κ2) is 4.53.